The summed E-state index contributed by atoms with van der Waals surface area (Å²) < 4.78 is 53.3. The van der Waals surface area contributed by atoms with Crippen LogP contribution in [0.1, 0.15) is 407 Å². The average molecular weight is 1980 g/mol. The molecule has 2 aliphatic heterocycles. The van der Waals surface area contributed by atoms with Crippen molar-refractivity contribution in [3.8, 4) is 0 Å². The Morgan fingerprint density at radius 2 is 0.678 bits per heavy atom. The molecule has 143 heavy (non-hydrogen) atoms. The van der Waals surface area contributed by atoms with Crippen LogP contribution < -0.4 is 0 Å². The van der Waals surface area contributed by atoms with E-state index in [2.05, 4.69) is 122 Å². The summed E-state index contributed by atoms with van der Waals surface area (Å²) in [6.45, 7) is 65.5. The average Bonchev–Trinajstić information content (AvgIpc) is 1.53. The highest BCUT2D eigenvalue weighted by Gasteiger charge is 2.72. The van der Waals surface area contributed by atoms with Crippen LogP contribution in [-0.2, 0) is 81.0 Å². The summed E-state index contributed by atoms with van der Waals surface area (Å²) in [4.78, 5) is 95.3. The van der Waals surface area contributed by atoms with Crippen molar-refractivity contribution in [1.29, 1.82) is 0 Å². The molecule has 2 heterocycles. The van der Waals surface area contributed by atoms with Crippen LogP contribution in [0.4, 0.5) is 0 Å². The highest BCUT2D eigenvalue weighted by molar-refractivity contribution is 5.90. The number of carbonyl (C=O) groups excluding carboxylic acids is 8. The fourth-order valence-corrected chi connectivity index (χ4v) is 37.9. The van der Waals surface area contributed by atoms with Gasteiger partial charge in [0.05, 0.1) is 12.2 Å². The molecule has 20 unspecified atom stereocenters. The van der Waals surface area contributed by atoms with Crippen molar-refractivity contribution in [2.75, 3.05) is 0 Å². The molecule has 0 aromatic carbocycles. The van der Waals surface area contributed by atoms with Gasteiger partial charge in [-0.1, -0.05) is 121 Å². The number of esters is 8. The van der Waals surface area contributed by atoms with E-state index in [0.29, 0.717) is 134 Å². The maximum atomic E-state index is 12.2. The lowest BCUT2D eigenvalue weighted by molar-refractivity contribution is -0.221. The Labute approximate surface area is 862 Å². The number of carbonyl (C=O) groups is 8. The Morgan fingerprint density at radius 3 is 1.08 bits per heavy atom. The first-order valence-electron chi connectivity index (χ1n) is 58.4. The van der Waals surface area contributed by atoms with E-state index in [-0.39, 0.29) is 92.6 Å². The molecular weight excluding hydrogens is 1790 g/mol. The number of rotatable bonds is 23. The van der Waals surface area contributed by atoms with Gasteiger partial charge in [0.2, 0.25) is 0 Å². The van der Waals surface area contributed by atoms with Gasteiger partial charge in [-0.15, -0.1) is 0 Å². The predicted octanol–water partition coefficient (Wildman–Crippen LogP) is 28.7. The molecule has 0 spiro atoms. The third kappa shape index (κ3) is 21.1. The minimum Gasteiger partial charge on any atom is -0.455 e. The minimum absolute atomic E-state index is 0.154. The second-order valence-corrected chi connectivity index (χ2v) is 53.7. The summed E-state index contributed by atoms with van der Waals surface area (Å²) >= 11 is 0. The second-order valence-electron chi connectivity index (χ2n) is 53.7. The summed E-state index contributed by atoms with van der Waals surface area (Å²) in [5, 5.41) is 0. The van der Waals surface area contributed by atoms with E-state index < -0.39 is 0 Å². The lowest BCUT2D eigenvalue weighted by Gasteiger charge is -2.61. The highest BCUT2D eigenvalue weighted by atomic mass is 16.6. The molecule has 0 aromatic heterocycles. The van der Waals surface area contributed by atoms with Gasteiger partial charge in [0.25, 0.3) is 0 Å². The molecule has 796 valence electrons. The van der Waals surface area contributed by atoms with Gasteiger partial charge < -0.3 is 42.6 Å². The van der Waals surface area contributed by atoms with Crippen LogP contribution in [0.3, 0.4) is 0 Å². The number of ether oxygens (including phenoxy) is 9. The van der Waals surface area contributed by atoms with E-state index in [9.17, 15) is 38.4 Å². The van der Waals surface area contributed by atoms with E-state index in [1.54, 1.807) is 55.4 Å². The summed E-state index contributed by atoms with van der Waals surface area (Å²) in [5.74, 6) is 21.0. The molecule has 0 aromatic rings. The van der Waals surface area contributed by atoms with Gasteiger partial charge in [0, 0.05) is 62.3 Å². The Bertz CT molecular complexity index is 4670. The predicted molar refractivity (Wildman–Crippen MR) is 562 cm³/mol. The van der Waals surface area contributed by atoms with Crippen LogP contribution in [0.25, 0.3) is 0 Å². The van der Waals surface area contributed by atoms with Gasteiger partial charge in [0.15, 0.2) is 0 Å². The Kier molecular flexibility index (Phi) is 33.0. The van der Waals surface area contributed by atoms with Crippen LogP contribution in [0, 0.1) is 178 Å². The van der Waals surface area contributed by atoms with Crippen molar-refractivity contribution in [2.24, 2.45) is 178 Å². The van der Waals surface area contributed by atoms with Gasteiger partial charge >= 0.3 is 47.8 Å². The molecular formula is C126H190O17. The van der Waals surface area contributed by atoms with Crippen molar-refractivity contribution < 1.29 is 81.0 Å². The molecule has 20 atom stereocenters. The van der Waals surface area contributed by atoms with Crippen LogP contribution in [0.5, 0.6) is 0 Å². The van der Waals surface area contributed by atoms with Crippen LogP contribution >= 0.6 is 0 Å². The fourth-order valence-electron chi connectivity index (χ4n) is 37.9. The zero-order valence-corrected chi connectivity index (χ0v) is 92.2. The van der Waals surface area contributed by atoms with Crippen LogP contribution in [0.2, 0.25) is 0 Å². The van der Waals surface area contributed by atoms with Gasteiger partial charge in [0.1, 0.15) is 44.8 Å². The molecule has 2 saturated heterocycles. The minimum atomic E-state index is -0.254. The van der Waals surface area contributed by atoms with Gasteiger partial charge in [-0.3, -0.25) is 0 Å². The second kappa shape index (κ2) is 43.2. The number of fused-ring (bicyclic) bond motifs is 22. The number of hydrogen-bond donors (Lipinski definition) is 0. The van der Waals surface area contributed by atoms with Crippen molar-refractivity contribution in [3.05, 3.63) is 97.2 Å². The summed E-state index contributed by atoms with van der Waals surface area (Å²) in [5.41, 5.74) is 2.65. The van der Waals surface area contributed by atoms with Crippen molar-refractivity contribution >= 4 is 47.8 Å². The molecule has 26 rings (SSSR count). The lowest BCUT2D eigenvalue weighted by Crippen LogP contribution is -2.62. The molecule has 0 radical (unpaired) electrons. The third-order valence-corrected chi connectivity index (χ3v) is 44.1. The third-order valence-electron chi connectivity index (χ3n) is 44.1. The highest BCUT2D eigenvalue weighted by Crippen LogP contribution is 2.74. The van der Waals surface area contributed by atoms with Crippen molar-refractivity contribution in [1.82, 2.24) is 0 Å². The first kappa shape index (κ1) is 109. The Morgan fingerprint density at radius 1 is 0.294 bits per heavy atom. The zero-order chi connectivity index (χ0) is 103. The number of hydrogen-bond acceptors (Lipinski definition) is 17. The van der Waals surface area contributed by atoms with Crippen molar-refractivity contribution in [2.45, 2.75) is 464 Å². The van der Waals surface area contributed by atoms with E-state index in [4.69, 9.17) is 42.6 Å². The zero-order valence-electron chi connectivity index (χ0n) is 92.2. The largest absolute Gasteiger partial charge is 0.455 e. The standard InChI is InChI=1S/C19H28O2.C18H26O2.C17H26O2.C16H24O2.C15H22O3.C15H22O2.C13H20O2.C13H22O2/c1-10(2)18(20)21-19(11(3)4)9-14-8-15(19)17-13-6-5-12(7-13)16(14)17;1-4-18(20-17(19)10(2)3)9-13-8-14(18)16-12-6-5-11(7-12)15(13)16;1-10(2)16(18)19-17(11(3)4)14-6-12-5-13(8-14)9-15(17)7-12;1-4-16(18-15(17)10(2)3)13-6-11-5-12(8-13)9-14(16)7-11;1-10(2)14(16)18-15(7-3-4-8-15)12-9-11-5-6-13(12)17-11;1-9(2)14(16)17-15(3)12-5-10-4-11(7-12)8-13(15)6-10;1-4-13(15-12(14)9(2)3)8-10-5-6-11(13)7-10;1-10(2)12(14)15-13(11(3)4)8-6-5-7-9-13/h11-17H,1,5-9H2,2-4H3;11-16H,2,4-9H2,1,3H3;11-15H,1,5-9H2,2-4H3;11-14H,2,4-9H2,1,3H3;11-13H,1,3-9H2,2H3;10-13H,1,4-8H2,2-3H3;10-11H,2,4-8H2,1,3H3;11H,1,5-9H2,2-4H3. The summed E-state index contributed by atoms with van der Waals surface area (Å²) in [6.07, 6.45) is 55.1. The molecule has 17 nitrogen and oxygen atoms in total. The SMILES string of the molecule is C=C(C)C(=O)OC1(C(C)C)C2CC3CC(C2)CC1C3.C=C(C)C(=O)OC1(C(C)C)CC2CC1C1C3CCC(C3)C21.C=C(C)C(=O)OC1(C(C)C)CCCCC1.C=C(C)C(=O)OC1(C)C2CC3CC(C2)CC1C3.C=C(C)C(=O)OC1(C2CC3CCC2O3)CCCC1.C=C(C)C(=O)OC1(CC)C2CC3CC(C2)CC1C3.C=C(C)C(=O)OC1(CC)CC2CC1C1C3CCC(C3)C21.C=C(C)C(=O)OC1(CC)CC2CCC1C2. The summed E-state index contributed by atoms with van der Waals surface area (Å²) in [6, 6.07) is 0. The van der Waals surface area contributed by atoms with Gasteiger partial charge in [-0.2, -0.15) is 0 Å². The Balaban J connectivity index is 0.000000118. The molecule has 24 bridgehead atoms. The molecule has 17 heteroatoms. The van der Waals surface area contributed by atoms with Gasteiger partial charge in [-0.25, -0.2) is 38.4 Å². The molecule has 0 N–H and O–H groups in total. The van der Waals surface area contributed by atoms with E-state index in [0.717, 1.165) is 190 Å². The summed E-state index contributed by atoms with van der Waals surface area (Å²) in [7, 11) is 0. The maximum absolute atomic E-state index is 12.2. The van der Waals surface area contributed by atoms with Crippen LogP contribution in [0.15, 0.2) is 97.2 Å². The van der Waals surface area contributed by atoms with Gasteiger partial charge in [-0.05, 0) is 498 Å². The lowest BCUT2D eigenvalue weighted by atomic mass is 9.47. The van der Waals surface area contributed by atoms with Crippen molar-refractivity contribution in [3.63, 3.8) is 0 Å². The normalized spacial score (nSPS) is 42.2. The fraction of sp³-hybridized carbons (Fsp3) is 0.810. The quantitative estimate of drug-likeness (QED) is 0.0402. The topological polar surface area (TPSA) is 220 Å². The van der Waals surface area contributed by atoms with E-state index in [1.165, 1.54) is 193 Å². The van der Waals surface area contributed by atoms with E-state index >= 15 is 0 Å². The monoisotopic (exact) mass is 1980 g/mol. The molecule has 26 aliphatic rings. The molecule has 24 aliphatic carbocycles. The molecule has 26 fully saturated rings. The smallest absolute Gasteiger partial charge is 0.333 e. The molecule has 0 amide bonds. The van der Waals surface area contributed by atoms with Crippen LogP contribution in [-0.4, -0.2) is 105 Å². The first-order chi connectivity index (χ1) is 67.6. The molecule has 24 saturated carbocycles. The Hall–Kier alpha value is -6.36. The maximum Gasteiger partial charge on any atom is 0.333 e. The van der Waals surface area contributed by atoms with E-state index in [1.807, 2.05) is 0 Å². The first-order valence-corrected chi connectivity index (χ1v) is 58.4.